The van der Waals surface area contributed by atoms with Crippen LogP contribution in [0.4, 0.5) is 0 Å². The third kappa shape index (κ3) is 17.2. The van der Waals surface area contributed by atoms with Crippen molar-refractivity contribution in [2.45, 2.75) is 111 Å². The Kier molecular flexibility index (Phi) is 22.5. The molecule has 0 fully saturated rings. The summed E-state index contributed by atoms with van der Waals surface area (Å²) in [4.78, 5) is 1.73. The second kappa shape index (κ2) is 22.5. The van der Waals surface area contributed by atoms with E-state index >= 15 is 0 Å². The second-order valence-corrected chi connectivity index (χ2v) is 10.2. The SMILES string of the molecule is CCCCCCCCCCC(CCCCC[NH+](CC)CC)CCOc1ccc(Cl)c(Cl)c1.[Br-]. The Balaban J connectivity index is 0.0000102. The fourth-order valence-corrected chi connectivity index (χ4v) is 4.79. The third-order valence-electron chi connectivity index (χ3n) is 6.79. The number of halogens is 3. The van der Waals surface area contributed by atoms with Gasteiger partial charge in [-0.1, -0.05) is 101 Å². The maximum absolute atomic E-state index is 6.12. The van der Waals surface area contributed by atoms with Gasteiger partial charge in [-0.2, -0.15) is 0 Å². The predicted molar refractivity (Wildman–Crippen MR) is 143 cm³/mol. The Hall–Kier alpha value is 0.0400. The maximum atomic E-state index is 6.12. The highest BCUT2D eigenvalue weighted by Gasteiger charge is 2.11. The second-order valence-electron chi connectivity index (χ2n) is 9.40. The van der Waals surface area contributed by atoms with Gasteiger partial charge in [-0.05, 0) is 51.2 Å². The molecule has 0 amide bonds. The van der Waals surface area contributed by atoms with Crippen molar-refractivity contribution in [3.8, 4) is 5.75 Å². The third-order valence-corrected chi connectivity index (χ3v) is 7.53. The Morgan fingerprint density at radius 3 is 1.88 bits per heavy atom. The maximum Gasteiger partial charge on any atom is 0.120 e. The lowest BCUT2D eigenvalue weighted by molar-refractivity contribution is -0.896. The van der Waals surface area contributed by atoms with Crippen LogP contribution in [0, 0.1) is 5.92 Å². The summed E-state index contributed by atoms with van der Waals surface area (Å²) in [6, 6.07) is 5.55. The van der Waals surface area contributed by atoms with Crippen LogP contribution in [0.3, 0.4) is 0 Å². The number of rotatable bonds is 21. The quantitative estimate of drug-likeness (QED) is 0.197. The molecular weight excluding hydrogens is 517 g/mol. The minimum absolute atomic E-state index is 0. The van der Waals surface area contributed by atoms with Gasteiger partial charge >= 0.3 is 0 Å². The minimum atomic E-state index is 0. The van der Waals surface area contributed by atoms with Crippen molar-refractivity contribution < 1.29 is 26.6 Å². The molecule has 0 spiro atoms. The van der Waals surface area contributed by atoms with Crippen LogP contribution in [0.15, 0.2) is 18.2 Å². The van der Waals surface area contributed by atoms with Gasteiger partial charge in [-0.15, -0.1) is 0 Å². The average Bonchev–Trinajstić information content (AvgIpc) is 2.79. The zero-order valence-electron chi connectivity index (χ0n) is 21.6. The number of benzene rings is 1. The van der Waals surface area contributed by atoms with Gasteiger partial charge in [-0.3, -0.25) is 0 Å². The van der Waals surface area contributed by atoms with Gasteiger partial charge in [0.15, 0.2) is 0 Å². The van der Waals surface area contributed by atoms with E-state index < -0.39 is 0 Å². The van der Waals surface area contributed by atoms with Crippen LogP contribution in [0.2, 0.25) is 10.0 Å². The van der Waals surface area contributed by atoms with Crippen LogP contribution in [0.25, 0.3) is 0 Å². The normalized spacial score (nSPS) is 12.1. The molecule has 33 heavy (non-hydrogen) atoms. The lowest BCUT2D eigenvalue weighted by Crippen LogP contribution is -3.11. The highest BCUT2D eigenvalue weighted by atomic mass is 79.9. The van der Waals surface area contributed by atoms with Crippen LogP contribution in [-0.4, -0.2) is 26.2 Å². The summed E-state index contributed by atoms with van der Waals surface area (Å²) < 4.78 is 6.00. The molecule has 0 aliphatic carbocycles. The first kappa shape index (κ1) is 33.0. The highest BCUT2D eigenvalue weighted by molar-refractivity contribution is 6.42. The van der Waals surface area contributed by atoms with E-state index in [0.29, 0.717) is 10.0 Å². The molecule has 5 heteroatoms. The van der Waals surface area contributed by atoms with Crippen molar-refractivity contribution in [3.63, 3.8) is 0 Å². The van der Waals surface area contributed by atoms with Gasteiger partial charge in [0.2, 0.25) is 0 Å². The molecule has 1 rings (SSSR count). The standard InChI is InChI=1S/C28H49Cl2NO.BrH/c1-4-7-8-9-10-11-12-14-17-25(18-15-13-16-22-31(5-2)6-3)21-23-32-26-19-20-27(29)28(30)24-26;/h19-20,24-25H,4-18,21-23H2,1-3H3;1H. The Morgan fingerprint density at radius 2 is 1.30 bits per heavy atom. The zero-order chi connectivity index (χ0) is 23.4. The van der Waals surface area contributed by atoms with E-state index in [-0.39, 0.29) is 17.0 Å². The van der Waals surface area contributed by atoms with Crippen molar-refractivity contribution >= 4 is 23.2 Å². The summed E-state index contributed by atoms with van der Waals surface area (Å²) in [6.07, 6.45) is 19.1. The van der Waals surface area contributed by atoms with Crippen LogP contribution in [0.5, 0.6) is 5.75 Å². The lowest BCUT2D eigenvalue weighted by atomic mass is 9.92. The molecule has 0 radical (unpaired) electrons. The van der Waals surface area contributed by atoms with E-state index in [1.165, 1.54) is 103 Å². The number of nitrogens with one attached hydrogen (secondary N) is 1. The van der Waals surface area contributed by atoms with Gasteiger partial charge in [0.25, 0.3) is 0 Å². The summed E-state index contributed by atoms with van der Waals surface area (Å²) in [5, 5.41) is 1.15. The van der Waals surface area contributed by atoms with Crippen LogP contribution < -0.4 is 26.6 Å². The molecule has 1 atom stereocenters. The van der Waals surface area contributed by atoms with E-state index in [0.717, 1.165) is 24.7 Å². The molecule has 1 unspecified atom stereocenters. The first-order valence-corrected chi connectivity index (χ1v) is 14.3. The molecule has 2 nitrogen and oxygen atoms in total. The summed E-state index contributed by atoms with van der Waals surface area (Å²) in [5.74, 6) is 1.60. The van der Waals surface area contributed by atoms with Crippen molar-refractivity contribution in [2.24, 2.45) is 5.92 Å². The topological polar surface area (TPSA) is 13.7 Å². The molecule has 0 aliphatic rings. The van der Waals surface area contributed by atoms with E-state index in [2.05, 4.69) is 20.8 Å². The zero-order valence-corrected chi connectivity index (χ0v) is 24.7. The Labute approximate surface area is 225 Å². The Morgan fingerprint density at radius 1 is 0.727 bits per heavy atom. The van der Waals surface area contributed by atoms with E-state index in [1.54, 1.807) is 4.90 Å². The number of ether oxygens (including phenoxy) is 1. The molecular formula is C28H50BrCl2NO. The number of hydrogen-bond donors (Lipinski definition) is 1. The smallest absolute Gasteiger partial charge is 0.120 e. The molecule has 0 heterocycles. The molecule has 0 bridgehead atoms. The minimum Gasteiger partial charge on any atom is -1.00 e. The molecule has 1 N–H and O–H groups in total. The molecule has 194 valence electrons. The first-order chi connectivity index (χ1) is 15.6. The molecule has 0 saturated heterocycles. The first-order valence-electron chi connectivity index (χ1n) is 13.5. The van der Waals surface area contributed by atoms with Gasteiger partial charge in [-0.25, -0.2) is 0 Å². The van der Waals surface area contributed by atoms with E-state index in [1.807, 2.05) is 18.2 Å². The van der Waals surface area contributed by atoms with Crippen molar-refractivity contribution in [1.82, 2.24) is 0 Å². The predicted octanol–water partition coefficient (Wildman–Crippen LogP) is 5.40. The summed E-state index contributed by atoms with van der Waals surface area (Å²) >= 11 is 12.1. The van der Waals surface area contributed by atoms with Gasteiger partial charge in [0.05, 0.1) is 36.3 Å². The summed E-state index contributed by atoms with van der Waals surface area (Å²) in [5.41, 5.74) is 0. The summed E-state index contributed by atoms with van der Waals surface area (Å²) in [6.45, 7) is 11.5. The van der Waals surface area contributed by atoms with Crippen LogP contribution in [-0.2, 0) is 0 Å². The van der Waals surface area contributed by atoms with Gasteiger partial charge < -0.3 is 26.6 Å². The summed E-state index contributed by atoms with van der Waals surface area (Å²) in [7, 11) is 0. The molecule has 1 aromatic rings. The van der Waals surface area contributed by atoms with E-state index in [4.69, 9.17) is 27.9 Å². The Bertz CT molecular complexity index is 569. The lowest BCUT2D eigenvalue weighted by Gasteiger charge is -2.18. The number of unbranched alkanes of at least 4 members (excludes halogenated alkanes) is 9. The fourth-order valence-electron chi connectivity index (χ4n) is 4.50. The largest absolute Gasteiger partial charge is 1.00 e. The molecule has 0 aliphatic heterocycles. The van der Waals surface area contributed by atoms with Crippen LogP contribution in [0.1, 0.15) is 111 Å². The molecule has 0 saturated carbocycles. The number of quaternary nitrogens is 1. The average molecular weight is 568 g/mol. The van der Waals surface area contributed by atoms with Crippen molar-refractivity contribution in [2.75, 3.05) is 26.2 Å². The molecule has 0 aromatic heterocycles. The van der Waals surface area contributed by atoms with Crippen molar-refractivity contribution in [3.05, 3.63) is 28.2 Å². The van der Waals surface area contributed by atoms with Gasteiger partial charge in [0.1, 0.15) is 5.75 Å². The monoisotopic (exact) mass is 565 g/mol. The highest BCUT2D eigenvalue weighted by Crippen LogP contribution is 2.27. The fraction of sp³-hybridized carbons (Fsp3) is 0.786. The van der Waals surface area contributed by atoms with Crippen molar-refractivity contribution in [1.29, 1.82) is 0 Å². The van der Waals surface area contributed by atoms with E-state index in [9.17, 15) is 0 Å². The van der Waals surface area contributed by atoms with Crippen LogP contribution >= 0.6 is 23.2 Å². The van der Waals surface area contributed by atoms with Gasteiger partial charge in [0, 0.05) is 6.07 Å². The molecule has 1 aromatic carbocycles. The number of hydrogen-bond acceptors (Lipinski definition) is 1.